The molecule has 1 aliphatic heterocycles. The van der Waals surface area contributed by atoms with E-state index in [1.165, 1.54) is 19.4 Å². The first kappa shape index (κ1) is 17.9. The number of methoxy groups -OCH3 is 1. The van der Waals surface area contributed by atoms with Crippen LogP contribution in [0.4, 0.5) is 4.39 Å². The summed E-state index contributed by atoms with van der Waals surface area (Å²) in [6.45, 7) is 1.11. The summed E-state index contributed by atoms with van der Waals surface area (Å²) in [5.74, 6) is -1.07. The number of rotatable bonds is 4. The maximum atomic E-state index is 14.6. The molecule has 5 rings (SSSR count). The van der Waals surface area contributed by atoms with Gasteiger partial charge in [0.05, 0.1) is 18.0 Å². The van der Waals surface area contributed by atoms with Crippen LogP contribution in [0, 0.1) is 5.82 Å². The van der Waals surface area contributed by atoms with Crippen molar-refractivity contribution in [3.63, 3.8) is 0 Å². The van der Waals surface area contributed by atoms with Crippen LogP contribution in [0.5, 0.6) is 5.75 Å². The molecule has 2 aromatic carbocycles. The van der Waals surface area contributed by atoms with Gasteiger partial charge < -0.3 is 19.7 Å². The monoisotopic (exact) mass is 394 g/mol. The standard InChI is InChI=1S/C22H19FN2O4/c1-29-21-14(11-6-12-8-24-9-16(12)18(23)7-11)4-5-15-19(21)25(13-2-3-13)10-17(20(15)26)22(27)28/h4-7,10,13,24H,2-3,8-9H2,1H3,(H,27,28). The highest BCUT2D eigenvalue weighted by Gasteiger charge is 2.29. The molecule has 1 fully saturated rings. The average molecular weight is 394 g/mol. The Morgan fingerprint density at radius 3 is 2.76 bits per heavy atom. The molecule has 1 saturated carbocycles. The fourth-order valence-corrected chi connectivity index (χ4v) is 4.17. The van der Waals surface area contributed by atoms with Crippen molar-refractivity contribution in [3.05, 3.63) is 63.2 Å². The van der Waals surface area contributed by atoms with E-state index < -0.39 is 11.4 Å². The van der Waals surface area contributed by atoms with Crippen LogP contribution in [0.3, 0.4) is 0 Å². The minimum Gasteiger partial charge on any atom is -0.494 e. The number of aromatic nitrogens is 1. The zero-order chi connectivity index (χ0) is 20.3. The highest BCUT2D eigenvalue weighted by molar-refractivity contribution is 5.97. The van der Waals surface area contributed by atoms with Gasteiger partial charge in [0.25, 0.3) is 0 Å². The number of carbonyl (C=O) groups is 1. The zero-order valence-electron chi connectivity index (χ0n) is 15.8. The molecule has 2 N–H and O–H groups in total. The SMILES string of the molecule is COc1c(-c2cc(F)c3c(c2)CNC3)ccc2c(=O)c(C(=O)O)cn(C3CC3)c12. The fourth-order valence-electron chi connectivity index (χ4n) is 4.17. The van der Waals surface area contributed by atoms with E-state index in [0.717, 1.165) is 18.4 Å². The maximum absolute atomic E-state index is 14.6. The van der Waals surface area contributed by atoms with Crippen LogP contribution in [0.1, 0.15) is 40.4 Å². The second-order valence-corrected chi connectivity index (χ2v) is 7.56. The van der Waals surface area contributed by atoms with Crippen molar-refractivity contribution >= 4 is 16.9 Å². The minimum absolute atomic E-state index is 0.126. The Labute approximate surface area is 165 Å². The molecule has 6 nitrogen and oxygen atoms in total. The van der Waals surface area contributed by atoms with Crippen LogP contribution in [0.2, 0.25) is 0 Å². The van der Waals surface area contributed by atoms with Gasteiger partial charge >= 0.3 is 5.97 Å². The van der Waals surface area contributed by atoms with Crippen molar-refractivity contribution in [2.45, 2.75) is 32.0 Å². The van der Waals surface area contributed by atoms with Crippen LogP contribution >= 0.6 is 0 Å². The topological polar surface area (TPSA) is 80.6 Å². The summed E-state index contributed by atoms with van der Waals surface area (Å²) >= 11 is 0. The van der Waals surface area contributed by atoms with Crippen LogP contribution in [-0.2, 0) is 13.1 Å². The van der Waals surface area contributed by atoms with Crippen LogP contribution in [-0.4, -0.2) is 22.8 Å². The molecule has 29 heavy (non-hydrogen) atoms. The molecule has 7 heteroatoms. The average Bonchev–Trinajstić information content (AvgIpc) is 3.43. The van der Waals surface area contributed by atoms with Crippen molar-refractivity contribution in [1.82, 2.24) is 9.88 Å². The van der Waals surface area contributed by atoms with E-state index >= 15 is 0 Å². The largest absolute Gasteiger partial charge is 0.494 e. The molecule has 1 aliphatic carbocycles. The number of hydrogen-bond donors (Lipinski definition) is 2. The Hall–Kier alpha value is -3.19. The van der Waals surface area contributed by atoms with Gasteiger partial charge in [-0.2, -0.15) is 0 Å². The van der Waals surface area contributed by atoms with E-state index in [2.05, 4.69) is 5.32 Å². The lowest BCUT2D eigenvalue weighted by Crippen LogP contribution is -2.19. The van der Waals surface area contributed by atoms with Gasteiger partial charge in [0, 0.05) is 36.5 Å². The Kier molecular flexibility index (Phi) is 3.96. The smallest absolute Gasteiger partial charge is 0.341 e. The van der Waals surface area contributed by atoms with Crippen molar-refractivity contribution < 1.29 is 19.0 Å². The number of aromatic carboxylic acids is 1. The number of carboxylic acid groups (broad SMARTS) is 1. The van der Waals surface area contributed by atoms with E-state index in [1.807, 2.05) is 10.6 Å². The van der Waals surface area contributed by atoms with Crippen LogP contribution < -0.4 is 15.5 Å². The van der Waals surface area contributed by atoms with Crippen molar-refractivity contribution in [2.75, 3.05) is 7.11 Å². The number of fused-ring (bicyclic) bond motifs is 2. The second-order valence-electron chi connectivity index (χ2n) is 7.56. The normalized spacial score (nSPS) is 15.5. The summed E-state index contributed by atoms with van der Waals surface area (Å²) in [7, 11) is 1.51. The lowest BCUT2D eigenvalue weighted by molar-refractivity contribution is 0.0695. The fraction of sp³-hybridized carbons (Fsp3) is 0.273. The summed E-state index contributed by atoms with van der Waals surface area (Å²) in [6, 6.07) is 6.87. The first-order valence-electron chi connectivity index (χ1n) is 9.51. The minimum atomic E-state index is -1.25. The molecular formula is C22H19FN2O4. The Morgan fingerprint density at radius 1 is 1.28 bits per heavy atom. The molecule has 0 radical (unpaired) electrons. The molecule has 0 atom stereocenters. The molecule has 1 aromatic heterocycles. The molecule has 3 aromatic rings. The number of nitrogens with zero attached hydrogens (tertiary/aromatic N) is 1. The van der Waals surface area contributed by atoms with E-state index in [1.54, 1.807) is 12.1 Å². The van der Waals surface area contributed by atoms with Crippen molar-refractivity contribution in [3.8, 4) is 16.9 Å². The summed E-state index contributed by atoms with van der Waals surface area (Å²) in [5.41, 5.74) is 2.68. The highest BCUT2D eigenvalue weighted by atomic mass is 19.1. The summed E-state index contributed by atoms with van der Waals surface area (Å²) < 4.78 is 22.1. The molecule has 0 bridgehead atoms. The first-order chi connectivity index (χ1) is 14.0. The molecular weight excluding hydrogens is 375 g/mol. The summed E-state index contributed by atoms with van der Waals surface area (Å²) in [4.78, 5) is 24.3. The first-order valence-corrected chi connectivity index (χ1v) is 9.51. The number of ether oxygens (including phenoxy) is 1. The Morgan fingerprint density at radius 2 is 2.07 bits per heavy atom. The third-order valence-corrected chi connectivity index (χ3v) is 5.74. The number of hydrogen-bond acceptors (Lipinski definition) is 4. The number of pyridine rings is 1. The Balaban J connectivity index is 1.82. The van der Waals surface area contributed by atoms with Crippen molar-refractivity contribution in [2.24, 2.45) is 0 Å². The molecule has 0 amide bonds. The molecule has 2 aliphatic rings. The van der Waals surface area contributed by atoms with Crippen LogP contribution in [0.25, 0.3) is 22.0 Å². The van der Waals surface area contributed by atoms with Gasteiger partial charge in [0.15, 0.2) is 5.75 Å². The van der Waals surface area contributed by atoms with Gasteiger partial charge in [-0.3, -0.25) is 4.79 Å². The van der Waals surface area contributed by atoms with Gasteiger partial charge in [0.1, 0.15) is 11.4 Å². The number of benzene rings is 2. The Bertz CT molecular complexity index is 1240. The number of nitrogens with one attached hydrogen (secondary N) is 1. The van der Waals surface area contributed by atoms with E-state index in [0.29, 0.717) is 46.4 Å². The predicted molar refractivity (Wildman–Crippen MR) is 106 cm³/mol. The second kappa shape index (κ2) is 6.42. The van der Waals surface area contributed by atoms with Gasteiger partial charge in [0.2, 0.25) is 5.43 Å². The highest BCUT2D eigenvalue weighted by Crippen LogP contribution is 2.43. The summed E-state index contributed by atoms with van der Waals surface area (Å²) in [6.07, 6.45) is 3.22. The maximum Gasteiger partial charge on any atom is 0.341 e. The van der Waals surface area contributed by atoms with Gasteiger partial charge in [-0.05, 0) is 48.2 Å². The molecule has 0 unspecified atom stereocenters. The third-order valence-electron chi connectivity index (χ3n) is 5.74. The van der Waals surface area contributed by atoms with E-state index in [9.17, 15) is 19.1 Å². The molecule has 0 spiro atoms. The van der Waals surface area contributed by atoms with Crippen molar-refractivity contribution in [1.29, 1.82) is 0 Å². The molecule has 148 valence electrons. The number of carboxylic acids is 1. The van der Waals surface area contributed by atoms with Gasteiger partial charge in [-0.15, -0.1) is 0 Å². The van der Waals surface area contributed by atoms with Crippen LogP contribution in [0.15, 0.2) is 35.3 Å². The van der Waals surface area contributed by atoms with E-state index in [4.69, 9.17) is 4.74 Å². The number of halogens is 1. The quantitative estimate of drug-likeness (QED) is 0.709. The summed E-state index contributed by atoms with van der Waals surface area (Å²) in [5, 5.41) is 12.9. The zero-order valence-corrected chi connectivity index (χ0v) is 15.8. The van der Waals surface area contributed by atoms with Gasteiger partial charge in [-0.1, -0.05) is 0 Å². The third kappa shape index (κ3) is 2.73. The lowest BCUT2D eigenvalue weighted by Gasteiger charge is -2.18. The lowest BCUT2D eigenvalue weighted by atomic mass is 9.97. The van der Waals surface area contributed by atoms with Gasteiger partial charge in [-0.25, -0.2) is 9.18 Å². The molecule has 0 saturated heterocycles. The predicted octanol–water partition coefficient (Wildman–Crippen LogP) is 3.45. The van der Waals surface area contributed by atoms with E-state index in [-0.39, 0.29) is 17.4 Å². The molecule has 2 heterocycles.